The Bertz CT molecular complexity index is 589. The van der Waals surface area contributed by atoms with Crippen LogP contribution in [-0.2, 0) is 9.53 Å². The minimum absolute atomic E-state index is 0.0456. The highest BCUT2D eigenvalue weighted by molar-refractivity contribution is 5.66. The van der Waals surface area contributed by atoms with Gasteiger partial charge >= 0.3 is 5.97 Å². The Morgan fingerprint density at radius 3 is 2.38 bits per heavy atom. The van der Waals surface area contributed by atoms with E-state index < -0.39 is 23.8 Å². The van der Waals surface area contributed by atoms with Gasteiger partial charge in [0.25, 0.3) is 0 Å². The topological polar surface area (TPSA) is 66.8 Å². The predicted molar refractivity (Wildman–Crippen MR) is 103 cm³/mol. The molecule has 0 bridgehead atoms. The normalized spacial score (nSPS) is 42.7. The van der Waals surface area contributed by atoms with Crippen LogP contribution >= 0.6 is 0 Å². The molecule has 6 unspecified atom stereocenters. The number of aliphatic hydroxyl groups is 2. The zero-order chi connectivity index (χ0) is 19.9. The van der Waals surface area contributed by atoms with E-state index in [1.54, 1.807) is 13.0 Å². The second-order valence-electron chi connectivity index (χ2n) is 9.51. The summed E-state index contributed by atoms with van der Waals surface area (Å²) in [6.45, 7) is 15.4. The second kappa shape index (κ2) is 7.12. The number of fused-ring (bicyclic) bond motifs is 1. The van der Waals surface area contributed by atoms with Crippen molar-refractivity contribution in [3.05, 3.63) is 24.3 Å². The monoisotopic (exact) mass is 364 g/mol. The first-order valence-corrected chi connectivity index (χ1v) is 9.75. The van der Waals surface area contributed by atoms with Crippen molar-refractivity contribution in [1.29, 1.82) is 0 Å². The Hall–Kier alpha value is -1.13. The van der Waals surface area contributed by atoms with Crippen LogP contribution in [0.5, 0.6) is 0 Å². The van der Waals surface area contributed by atoms with Crippen LogP contribution in [-0.4, -0.2) is 34.0 Å². The lowest BCUT2D eigenvalue weighted by Gasteiger charge is -2.64. The molecule has 148 valence electrons. The van der Waals surface area contributed by atoms with Gasteiger partial charge in [-0.25, -0.2) is 0 Å². The van der Waals surface area contributed by atoms with Crippen molar-refractivity contribution in [3.63, 3.8) is 0 Å². The fraction of sp³-hybridized carbons (Fsp3) is 0.773. The summed E-state index contributed by atoms with van der Waals surface area (Å²) in [6, 6.07) is 0. The molecule has 0 aromatic carbocycles. The molecule has 2 saturated carbocycles. The SMILES string of the molecule is C=CC(C)=CCC1C(C)(O)C(OC(C)=O)C(O)C2C(C)(C)CCCC21C. The minimum atomic E-state index is -1.30. The number of ether oxygens (including phenoxy) is 1. The van der Waals surface area contributed by atoms with Crippen molar-refractivity contribution in [1.82, 2.24) is 0 Å². The lowest BCUT2D eigenvalue weighted by Crippen LogP contribution is -2.70. The van der Waals surface area contributed by atoms with Crippen LogP contribution in [0, 0.1) is 22.7 Å². The van der Waals surface area contributed by atoms with Crippen molar-refractivity contribution >= 4 is 5.97 Å². The zero-order valence-corrected chi connectivity index (χ0v) is 17.2. The van der Waals surface area contributed by atoms with Gasteiger partial charge in [-0.05, 0) is 49.9 Å². The highest BCUT2D eigenvalue weighted by Gasteiger charge is 2.66. The lowest BCUT2D eigenvalue weighted by molar-refractivity contribution is -0.271. The molecular weight excluding hydrogens is 328 g/mol. The van der Waals surface area contributed by atoms with E-state index in [9.17, 15) is 15.0 Å². The molecule has 0 saturated heterocycles. The Morgan fingerprint density at radius 1 is 1.23 bits per heavy atom. The second-order valence-corrected chi connectivity index (χ2v) is 9.51. The van der Waals surface area contributed by atoms with E-state index in [0.29, 0.717) is 6.42 Å². The van der Waals surface area contributed by atoms with Crippen molar-refractivity contribution in [2.75, 3.05) is 0 Å². The summed E-state index contributed by atoms with van der Waals surface area (Å²) < 4.78 is 5.49. The van der Waals surface area contributed by atoms with Gasteiger partial charge in [-0.15, -0.1) is 0 Å². The van der Waals surface area contributed by atoms with Gasteiger partial charge < -0.3 is 14.9 Å². The molecule has 26 heavy (non-hydrogen) atoms. The first kappa shape index (κ1) is 21.2. The maximum atomic E-state index is 11.7. The van der Waals surface area contributed by atoms with Crippen molar-refractivity contribution in [3.8, 4) is 0 Å². The first-order valence-electron chi connectivity index (χ1n) is 9.75. The maximum absolute atomic E-state index is 11.7. The van der Waals surface area contributed by atoms with Crippen molar-refractivity contribution in [2.24, 2.45) is 22.7 Å². The third kappa shape index (κ3) is 3.50. The van der Waals surface area contributed by atoms with Crippen LogP contribution in [0.1, 0.15) is 67.2 Å². The van der Waals surface area contributed by atoms with E-state index in [-0.39, 0.29) is 22.7 Å². The van der Waals surface area contributed by atoms with Gasteiger partial charge in [0.2, 0.25) is 0 Å². The van der Waals surface area contributed by atoms with E-state index in [2.05, 4.69) is 33.4 Å². The van der Waals surface area contributed by atoms with Gasteiger partial charge in [0.05, 0.1) is 6.10 Å². The van der Waals surface area contributed by atoms with Crippen LogP contribution in [0.3, 0.4) is 0 Å². The Morgan fingerprint density at radius 2 is 1.85 bits per heavy atom. The number of carbonyl (C=O) groups excluding carboxylic acids is 1. The van der Waals surface area contributed by atoms with E-state index in [4.69, 9.17) is 4.74 Å². The summed E-state index contributed by atoms with van der Waals surface area (Å²) in [5.41, 5.74) is -0.566. The van der Waals surface area contributed by atoms with Gasteiger partial charge in [0, 0.05) is 12.8 Å². The molecule has 4 nitrogen and oxygen atoms in total. The largest absolute Gasteiger partial charge is 0.457 e. The number of rotatable bonds is 4. The predicted octanol–water partition coefficient (Wildman–Crippen LogP) is 4.01. The number of carbonyl (C=O) groups is 1. The minimum Gasteiger partial charge on any atom is -0.457 e. The number of esters is 1. The summed E-state index contributed by atoms with van der Waals surface area (Å²) in [4.78, 5) is 11.7. The molecule has 2 N–H and O–H groups in total. The summed E-state index contributed by atoms with van der Waals surface area (Å²) >= 11 is 0. The number of aliphatic hydroxyl groups excluding tert-OH is 1. The van der Waals surface area contributed by atoms with Gasteiger partial charge in [-0.2, -0.15) is 0 Å². The van der Waals surface area contributed by atoms with Crippen LogP contribution in [0.2, 0.25) is 0 Å². The molecule has 2 aliphatic carbocycles. The molecule has 6 atom stereocenters. The standard InChI is InChI=1S/C22H36O4/c1-8-14(2)10-11-16-21(6)13-9-12-20(4,5)18(21)17(24)19(22(16,7)25)26-15(3)23/h8,10,16-19,24-25H,1,9,11-13H2,2-7H3. The molecule has 2 rings (SSSR count). The molecule has 2 fully saturated rings. The smallest absolute Gasteiger partial charge is 0.303 e. The summed E-state index contributed by atoms with van der Waals surface area (Å²) in [5.74, 6) is -0.638. The molecule has 0 aromatic heterocycles. The molecule has 4 heteroatoms. The van der Waals surface area contributed by atoms with Crippen molar-refractivity contribution in [2.45, 2.75) is 85.0 Å². The van der Waals surface area contributed by atoms with Gasteiger partial charge in [0.15, 0.2) is 6.10 Å². The Labute approximate surface area is 158 Å². The van der Waals surface area contributed by atoms with Crippen molar-refractivity contribution < 1.29 is 19.7 Å². The first-order chi connectivity index (χ1) is 11.9. The average molecular weight is 365 g/mol. The molecular formula is C22H36O4. The zero-order valence-electron chi connectivity index (χ0n) is 17.2. The molecule has 0 heterocycles. The Balaban J connectivity index is 2.56. The quantitative estimate of drug-likeness (QED) is 0.584. The lowest BCUT2D eigenvalue weighted by atomic mass is 9.43. The summed E-state index contributed by atoms with van der Waals surface area (Å²) in [5, 5.41) is 22.7. The number of allylic oxidation sites excluding steroid dienone is 3. The molecule has 0 radical (unpaired) electrons. The molecule has 2 aliphatic rings. The molecule has 0 spiro atoms. The molecule has 0 aromatic rings. The van der Waals surface area contributed by atoms with Gasteiger partial charge in [-0.1, -0.05) is 51.5 Å². The van der Waals surface area contributed by atoms with E-state index in [1.807, 2.05) is 6.92 Å². The van der Waals surface area contributed by atoms with E-state index in [1.165, 1.54) is 6.92 Å². The fourth-order valence-electron chi connectivity index (χ4n) is 6.02. The molecule has 0 aliphatic heterocycles. The van der Waals surface area contributed by atoms with Crippen LogP contribution < -0.4 is 0 Å². The highest BCUT2D eigenvalue weighted by atomic mass is 16.6. The molecule has 0 amide bonds. The maximum Gasteiger partial charge on any atom is 0.303 e. The summed E-state index contributed by atoms with van der Waals surface area (Å²) in [6.07, 6.45) is 5.81. The summed E-state index contributed by atoms with van der Waals surface area (Å²) in [7, 11) is 0. The van der Waals surface area contributed by atoms with E-state index >= 15 is 0 Å². The highest BCUT2D eigenvalue weighted by Crippen LogP contribution is 2.63. The fourth-order valence-corrected chi connectivity index (χ4v) is 6.02. The van der Waals surface area contributed by atoms with E-state index in [0.717, 1.165) is 24.8 Å². The van der Waals surface area contributed by atoms with Crippen LogP contribution in [0.25, 0.3) is 0 Å². The average Bonchev–Trinajstić information content (AvgIpc) is 2.49. The third-order valence-corrected chi connectivity index (χ3v) is 7.11. The Kier molecular flexibility index (Phi) is 5.80. The number of hydrogen-bond acceptors (Lipinski definition) is 4. The number of hydrogen-bond donors (Lipinski definition) is 2. The van der Waals surface area contributed by atoms with Gasteiger partial charge in [-0.3, -0.25) is 4.79 Å². The van der Waals surface area contributed by atoms with Crippen LogP contribution in [0.4, 0.5) is 0 Å². The third-order valence-electron chi connectivity index (χ3n) is 7.11. The van der Waals surface area contributed by atoms with Crippen LogP contribution in [0.15, 0.2) is 24.3 Å². The van der Waals surface area contributed by atoms with Gasteiger partial charge in [0.1, 0.15) is 5.60 Å².